The predicted octanol–water partition coefficient (Wildman–Crippen LogP) is 1.51. The fourth-order valence-electron chi connectivity index (χ4n) is 1.53. The van der Waals surface area contributed by atoms with Crippen molar-refractivity contribution in [1.82, 2.24) is 20.9 Å². The topological polar surface area (TPSA) is 95.1 Å². The fraction of sp³-hybridized carbons (Fsp3) is 0.812. The van der Waals surface area contributed by atoms with E-state index in [0.717, 1.165) is 12.3 Å². The van der Waals surface area contributed by atoms with Crippen LogP contribution in [-0.4, -0.2) is 80.7 Å². The molecule has 10 heteroatoms. The summed E-state index contributed by atoms with van der Waals surface area (Å²) in [4.78, 5) is 29.0. The number of hydrogen-bond acceptors (Lipinski definition) is 5. The summed E-state index contributed by atoms with van der Waals surface area (Å²) in [5, 5.41) is 9.05. The number of alkyl carbamates (subject to hydrolysis) is 1. The Kier molecular flexibility index (Phi) is 15.9. The molecule has 0 aliphatic heterocycles. The summed E-state index contributed by atoms with van der Waals surface area (Å²) in [6, 6.07) is 0. The Hall–Kier alpha value is -0.910. The molecule has 0 heterocycles. The molecule has 2 amide bonds. The van der Waals surface area contributed by atoms with Gasteiger partial charge in [0.25, 0.3) is 0 Å². The van der Waals surface area contributed by atoms with E-state index in [1.807, 2.05) is 27.0 Å². The molecular formula is C16H34IN5O3S. The number of carbonyl (C=O) groups is 2. The number of carbonyl (C=O) groups excluding carboxylic acids is 2. The number of ether oxygens (including phenoxy) is 1. The van der Waals surface area contributed by atoms with Crippen molar-refractivity contribution < 1.29 is 14.3 Å². The van der Waals surface area contributed by atoms with E-state index >= 15 is 0 Å². The van der Waals surface area contributed by atoms with Crippen LogP contribution in [0.1, 0.15) is 27.2 Å². The number of nitrogens with zero attached hydrogens (tertiary/aromatic N) is 2. The molecule has 0 unspecified atom stereocenters. The molecular weight excluding hydrogens is 469 g/mol. The Morgan fingerprint density at radius 1 is 1.08 bits per heavy atom. The zero-order chi connectivity index (χ0) is 19.3. The molecule has 8 nitrogen and oxygen atoms in total. The molecule has 0 aliphatic rings. The Labute approximate surface area is 178 Å². The highest BCUT2D eigenvalue weighted by atomic mass is 127. The first-order valence-corrected chi connectivity index (χ1v) is 9.73. The van der Waals surface area contributed by atoms with E-state index in [1.165, 1.54) is 4.90 Å². The monoisotopic (exact) mass is 503 g/mol. The highest BCUT2D eigenvalue weighted by molar-refractivity contribution is 14.0. The second-order valence-electron chi connectivity index (χ2n) is 6.58. The van der Waals surface area contributed by atoms with E-state index in [9.17, 15) is 9.59 Å². The van der Waals surface area contributed by atoms with Gasteiger partial charge in [-0.3, -0.25) is 4.79 Å². The van der Waals surface area contributed by atoms with Gasteiger partial charge in [0.2, 0.25) is 5.91 Å². The second-order valence-corrected chi connectivity index (χ2v) is 7.57. The quantitative estimate of drug-likeness (QED) is 0.191. The minimum atomic E-state index is -0.498. The van der Waals surface area contributed by atoms with Gasteiger partial charge in [-0.15, -0.1) is 24.0 Å². The lowest BCUT2D eigenvalue weighted by Crippen LogP contribution is -2.41. The van der Waals surface area contributed by atoms with Gasteiger partial charge in [-0.05, 0) is 33.4 Å². The second kappa shape index (κ2) is 15.2. The largest absolute Gasteiger partial charge is 0.444 e. The Morgan fingerprint density at radius 2 is 1.65 bits per heavy atom. The molecule has 0 aromatic carbocycles. The first-order valence-electron chi connectivity index (χ1n) is 8.34. The number of rotatable bonds is 9. The maximum Gasteiger partial charge on any atom is 0.407 e. The standard InChI is InChI=1S/C16H33N5O3S.HI/c1-16(2,3)24-15(23)19-9-7-8-17-14(18-10-11-25-6)20-12-13(22)21(4)5;/h7-12H2,1-6H3,(H,19,23)(H2,17,18,20);1H. The van der Waals surface area contributed by atoms with Crippen LogP contribution in [0.2, 0.25) is 0 Å². The molecule has 0 saturated carbocycles. The highest BCUT2D eigenvalue weighted by Crippen LogP contribution is 2.06. The van der Waals surface area contributed by atoms with Crippen LogP contribution in [0.15, 0.2) is 4.99 Å². The van der Waals surface area contributed by atoms with Crippen molar-refractivity contribution in [2.75, 3.05) is 52.3 Å². The van der Waals surface area contributed by atoms with Crippen molar-refractivity contribution >= 4 is 53.7 Å². The van der Waals surface area contributed by atoms with E-state index in [-0.39, 0.29) is 36.4 Å². The van der Waals surface area contributed by atoms with Crippen LogP contribution in [0, 0.1) is 0 Å². The zero-order valence-electron chi connectivity index (χ0n) is 16.7. The van der Waals surface area contributed by atoms with Gasteiger partial charge in [-0.2, -0.15) is 11.8 Å². The number of aliphatic imine (C=N–C) groups is 1. The number of nitrogens with one attached hydrogen (secondary N) is 3. The van der Waals surface area contributed by atoms with E-state index in [1.54, 1.807) is 25.9 Å². The van der Waals surface area contributed by atoms with Gasteiger partial charge in [0.05, 0.1) is 0 Å². The van der Waals surface area contributed by atoms with E-state index < -0.39 is 11.7 Å². The molecule has 26 heavy (non-hydrogen) atoms. The number of halogens is 1. The van der Waals surface area contributed by atoms with Crippen LogP contribution in [-0.2, 0) is 9.53 Å². The molecule has 0 spiro atoms. The molecule has 0 fully saturated rings. The lowest BCUT2D eigenvalue weighted by molar-refractivity contribution is -0.127. The van der Waals surface area contributed by atoms with Crippen LogP contribution in [0.3, 0.4) is 0 Å². The van der Waals surface area contributed by atoms with Crippen LogP contribution in [0.25, 0.3) is 0 Å². The minimum absolute atomic E-state index is 0. The summed E-state index contributed by atoms with van der Waals surface area (Å²) < 4.78 is 5.17. The summed E-state index contributed by atoms with van der Waals surface area (Å²) in [7, 11) is 3.41. The molecule has 0 saturated heterocycles. The van der Waals surface area contributed by atoms with E-state index in [2.05, 4.69) is 20.9 Å². The first-order chi connectivity index (χ1) is 11.7. The molecule has 0 aromatic heterocycles. The Bertz CT molecular complexity index is 442. The van der Waals surface area contributed by atoms with Gasteiger partial charge in [0.1, 0.15) is 12.1 Å². The summed E-state index contributed by atoms with van der Waals surface area (Å²) in [6.07, 6.45) is 2.32. The number of amides is 2. The van der Waals surface area contributed by atoms with E-state index in [4.69, 9.17) is 4.74 Å². The normalized spacial score (nSPS) is 11.2. The van der Waals surface area contributed by atoms with E-state index in [0.29, 0.717) is 25.5 Å². The van der Waals surface area contributed by atoms with Gasteiger partial charge in [-0.1, -0.05) is 0 Å². The maximum absolute atomic E-state index is 11.6. The third-order valence-electron chi connectivity index (χ3n) is 2.78. The molecule has 3 N–H and O–H groups in total. The van der Waals surface area contributed by atoms with Crippen molar-refractivity contribution in [2.24, 2.45) is 4.99 Å². The number of hydrogen-bond donors (Lipinski definition) is 3. The first kappa shape index (κ1) is 27.3. The van der Waals surface area contributed by atoms with Crippen LogP contribution in [0.5, 0.6) is 0 Å². The summed E-state index contributed by atoms with van der Waals surface area (Å²) in [5.74, 6) is 1.49. The number of guanidine groups is 1. The predicted molar refractivity (Wildman–Crippen MR) is 120 cm³/mol. The van der Waals surface area contributed by atoms with Crippen molar-refractivity contribution in [2.45, 2.75) is 32.8 Å². The highest BCUT2D eigenvalue weighted by Gasteiger charge is 2.15. The lowest BCUT2D eigenvalue weighted by Gasteiger charge is -2.19. The molecule has 0 bridgehead atoms. The average molecular weight is 503 g/mol. The number of likely N-dealkylation sites (N-methyl/N-ethyl adjacent to an activating group) is 1. The van der Waals surface area contributed by atoms with Crippen molar-refractivity contribution in [1.29, 1.82) is 0 Å². The smallest absolute Gasteiger partial charge is 0.407 e. The van der Waals surface area contributed by atoms with Crippen molar-refractivity contribution in [3.63, 3.8) is 0 Å². The molecule has 0 rings (SSSR count). The van der Waals surface area contributed by atoms with Gasteiger partial charge < -0.3 is 25.6 Å². The van der Waals surface area contributed by atoms with Crippen LogP contribution < -0.4 is 16.0 Å². The Balaban J connectivity index is 0. The maximum atomic E-state index is 11.6. The molecule has 0 aromatic rings. The van der Waals surface area contributed by atoms with Crippen LogP contribution in [0.4, 0.5) is 4.79 Å². The van der Waals surface area contributed by atoms with Gasteiger partial charge >= 0.3 is 6.09 Å². The van der Waals surface area contributed by atoms with Crippen molar-refractivity contribution in [3.8, 4) is 0 Å². The average Bonchev–Trinajstić information content (AvgIpc) is 2.49. The summed E-state index contributed by atoms with van der Waals surface area (Å²) in [6.45, 7) is 7.45. The van der Waals surface area contributed by atoms with Gasteiger partial charge in [0, 0.05) is 39.5 Å². The SMILES string of the molecule is CSCCNC(=NCC(=O)N(C)C)NCCCNC(=O)OC(C)(C)C.I. The zero-order valence-corrected chi connectivity index (χ0v) is 19.8. The third kappa shape index (κ3) is 16.6. The third-order valence-corrected chi connectivity index (χ3v) is 3.40. The minimum Gasteiger partial charge on any atom is -0.444 e. The van der Waals surface area contributed by atoms with Gasteiger partial charge in [0.15, 0.2) is 5.96 Å². The van der Waals surface area contributed by atoms with Gasteiger partial charge in [-0.25, -0.2) is 9.79 Å². The fourth-order valence-corrected chi connectivity index (χ4v) is 1.84. The lowest BCUT2D eigenvalue weighted by atomic mass is 10.2. The number of thioether (sulfide) groups is 1. The summed E-state index contributed by atoms with van der Waals surface area (Å²) >= 11 is 1.73. The molecule has 0 aliphatic carbocycles. The summed E-state index contributed by atoms with van der Waals surface area (Å²) in [5.41, 5.74) is -0.498. The molecule has 154 valence electrons. The molecule has 0 atom stereocenters. The van der Waals surface area contributed by atoms with Crippen LogP contribution >= 0.6 is 35.7 Å². The van der Waals surface area contributed by atoms with Crippen molar-refractivity contribution in [3.05, 3.63) is 0 Å². The molecule has 0 radical (unpaired) electrons. The Morgan fingerprint density at radius 3 is 2.19 bits per heavy atom.